The molecule has 1 saturated heterocycles. The van der Waals surface area contributed by atoms with Gasteiger partial charge in [-0.05, 0) is 43.5 Å². The molecule has 0 spiro atoms. The molecule has 2 aromatic carbocycles. The number of carbonyl (C=O) groups is 3. The van der Waals surface area contributed by atoms with Crippen molar-refractivity contribution >= 4 is 25.7 Å². The Morgan fingerprint density at radius 2 is 0.946 bits per heavy atom. The third-order valence-corrected chi connectivity index (χ3v) is 15.2. The van der Waals surface area contributed by atoms with E-state index in [0.29, 0.717) is 19.3 Å². The zero-order chi connectivity index (χ0) is 53.3. The summed E-state index contributed by atoms with van der Waals surface area (Å²) in [5.74, 6) is -1.54. The molecule has 1 fully saturated rings. The summed E-state index contributed by atoms with van der Waals surface area (Å²) in [5, 5.41) is 25.0. The molecule has 0 aliphatic carbocycles. The van der Waals surface area contributed by atoms with Gasteiger partial charge in [0.15, 0.2) is 6.10 Å². The number of aliphatic hydroxyl groups is 2. The van der Waals surface area contributed by atoms with Gasteiger partial charge in [0.05, 0.1) is 19.1 Å². The number of hydrogen-bond acceptors (Lipinski definition) is 12. The van der Waals surface area contributed by atoms with E-state index in [1.165, 1.54) is 109 Å². The van der Waals surface area contributed by atoms with E-state index in [2.05, 4.69) is 26.1 Å². The molecule has 0 unspecified atom stereocenters. The van der Waals surface area contributed by atoms with Gasteiger partial charge in [-0.3, -0.25) is 18.9 Å². The predicted molar refractivity (Wildman–Crippen MR) is 295 cm³/mol. The first-order valence-corrected chi connectivity index (χ1v) is 31.0. The van der Waals surface area contributed by atoms with E-state index in [0.717, 1.165) is 77.0 Å². The predicted octanol–water partition coefficient (Wildman–Crippen LogP) is 15.4. The molecule has 1 amide bonds. The van der Waals surface area contributed by atoms with Crippen molar-refractivity contribution in [3.8, 4) is 11.5 Å². The van der Waals surface area contributed by atoms with E-state index in [1.54, 1.807) is 60.7 Å². The third kappa shape index (κ3) is 29.7. The van der Waals surface area contributed by atoms with Crippen LogP contribution in [0.1, 0.15) is 245 Å². The van der Waals surface area contributed by atoms with Crippen LogP contribution in [0, 0.1) is 0 Å². The molecule has 3 N–H and O–H groups in total. The number of esters is 2. The molecule has 1 aliphatic rings. The van der Waals surface area contributed by atoms with Crippen LogP contribution in [0.3, 0.4) is 0 Å². The molecule has 2 aromatic rings. The molecule has 6 atom stereocenters. The fourth-order valence-electron chi connectivity index (χ4n) is 9.52. The highest BCUT2D eigenvalue weighted by Crippen LogP contribution is 2.52. The van der Waals surface area contributed by atoms with E-state index in [4.69, 9.17) is 27.8 Å². The molecule has 422 valence electrons. The summed E-state index contributed by atoms with van der Waals surface area (Å²) in [6.07, 6.45) is 27.4. The molecule has 13 nitrogen and oxygen atoms in total. The monoisotopic (exact) mass is 1060 g/mol. The maximum Gasteiger partial charge on any atom is 0.588 e. The Hall–Kier alpha value is -3.48. The van der Waals surface area contributed by atoms with Crippen molar-refractivity contribution in [3.63, 3.8) is 0 Å². The second-order valence-electron chi connectivity index (χ2n) is 20.6. The fraction of sp³-hybridized carbons (Fsp3) is 0.750. The standard InChI is InChI=1S/C60H100NO12P/c1-4-7-10-13-16-19-21-24-27-30-39-46-54(64)61-57-59(69-56(66)48-50(63)41-34-29-26-23-18-15-12-9-6-3)58(73-74(67,71-51-42-35-32-36-43-51)72-52-44-37-33-38-45-52)53(49-62)68-60(57)70-55(65)47-40-31-28-25-22-20-17-14-11-8-5-2/h32-33,35-38,42-45,50,53,57-60,62-63H,4-31,34,39-41,46-49H2,1-3H3,(H,61,64)/t50-,53-,57-,58-,59-,60-/m1/s1. The van der Waals surface area contributed by atoms with Crippen molar-refractivity contribution in [2.24, 2.45) is 0 Å². The second kappa shape index (κ2) is 41.7. The van der Waals surface area contributed by atoms with Crippen LogP contribution >= 0.6 is 7.82 Å². The number of ether oxygens (including phenoxy) is 3. The fourth-order valence-corrected chi connectivity index (χ4v) is 11.0. The lowest BCUT2D eigenvalue weighted by Gasteiger charge is -2.45. The number of hydrogen-bond donors (Lipinski definition) is 3. The summed E-state index contributed by atoms with van der Waals surface area (Å²) < 4.78 is 51.8. The topological polar surface area (TPSA) is 176 Å². The number of benzene rings is 2. The van der Waals surface area contributed by atoms with E-state index >= 15 is 0 Å². The molecule has 0 bridgehead atoms. The lowest BCUT2D eigenvalue weighted by Crippen LogP contribution is -2.66. The van der Waals surface area contributed by atoms with E-state index in [9.17, 15) is 29.2 Å². The van der Waals surface area contributed by atoms with Crippen molar-refractivity contribution in [2.45, 2.75) is 282 Å². The minimum atomic E-state index is -4.76. The lowest BCUT2D eigenvalue weighted by atomic mass is 9.96. The Morgan fingerprint density at radius 3 is 1.38 bits per heavy atom. The number of para-hydroxylation sites is 2. The van der Waals surface area contributed by atoms with Gasteiger partial charge in [0.25, 0.3) is 0 Å². The van der Waals surface area contributed by atoms with Crippen molar-refractivity contribution in [1.29, 1.82) is 0 Å². The van der Waals surface area contributed by atoms with Crippen LogP contribution in [0.2, 0.25) is 0 Å². The SMILES string of the molecule is CCCCCCCCCCCCCC(=O)N[C@H]1[C@@H](OC(=O)CCCCCCCCCCCCC)O[C@H](CO)[C@@H](OP(=O)(Oc2ccccc2)Oc2ccccc2)[C@@H]1OC(=O)C[C@H](O)CCCCCCCCCCC. The minimum Gasteiger partial charge on any atom is -0.457 e. The summed E-state index contributed by atoms with van der Waals surface area (Å²) in [6, 6.07) is 15.2. The van der Waals surface area contributed by atoms with Gasteiger partial charge < -0.3 is 38.8 Å². The van der Waals surface area contributed by atoms with E-state index in [-0.39, 0.29) is 30.8 Å². The molecule has 1 aliphatic heterocycles. The Bertz CT molecular complexity index is 1710. The molecular formula is C60H100NO12P. The molecule has 3 rings (SSSR count). The molecule has 1 heterocycles. The summed E-state index contributed by atoms with van der Waals surface area (Å²) >= 11 is 0. The van der Waals surface area contributed by atoms with Gasteiger partial charge in [-0.2, -0.15) is 0 Å². The zero-order valence-corrected chi connectivity index (χ0v) is 47.0. The number of carbonyl (C=O) groups excluding carboxylic acids is 3. The second-order valence-corrected chi connectivity index (χ2v) is 22.1. The van der Waals surface area contributed by atoms with Gasteiger partial charge in [0, 0.05) is 12.8 Å². The van der Waals surface area contributed by atoms with Crippen molar-refractivity contribution in [3.05, 3.63) is 60.7 Å². The number of phosphoric acid groups is 1. The van der Waals surface area contributed by atoms with Gasteiger partial charge in [-0.15, -0.1) is 0 Å². The summed E-state index contributed by atoms with van der Waals surface area (Å²) in [5.41, 5.74) is 0. The van der Waals surface area contributed by atoms with Crippen LogP contribution in [0.15, 0.2) is 60.7 Å². The highest BCUT2D eigenvalue weighted by molar-refractivity contribution is 7.49. The number of amides is 1. The first-order valence-electron chi connectivity index (χ1n) is 29.5. The van der Waals surface area contributed by atoms with Gasteiger partial charge in [-0.25, -0.2) is 4.57 Å². The first-order chi connectivity index (χ1) is 36.1. The van der Waals surface area contributed by atoms with Crippen molar-refractivity contribution in [2.75, 3.05) is 6.61 Å². The number of phosphoric ester groups is 1. The van der Waals surface area contributed by atoms with Crippen molar-refractivity contribution < 1.29 is 56.9 Å². The maximum absolute atomic E-state index is 15.0. The molecule has 14 heteroatoms. The molecular weight excluding hydrogens is 958 g/mol. The Balaban J connectivity index is 1.85. The van der Waals surface area contributed by atoms with Gasteiger partial charge in [0.2, 0.25) is 12.2 Å². The summed E-state index contributed by atoms with van der Waals surface area (Å²) in [7, 11) is -4.76. The lowest BCUT2D eigenvalue weighted by molar-refractivity contribution is -0.264. The molecule has 0 radical (unpaired) electrons. The molecule has 74 heavy (non-hydrogen) atoms. The van der Waals surface area contributed by atoms with Crippen LogP contribution in [0.25, 0.3) is 0 Å². The van der Waals surface area contributed by atoms with Crippen LogP contribution in [0.5, 0.6) is 11.5 Å². The Morgan fingerprint density at radius 1 is 0.541 bits per heavy atom. The average Bonchev–Trinajstić information content (AvgIpc) is 3.38. The molecule has 0 saturated carbocycles. The largest absolute Gasteiger partial charge is 0.588 e. The average molecular weight is 1060 g/mol. The number of nitrogens with one attached hydrogen (secondary N) is 1. The normalized spacial score (nSPS) is 18.1. The van der Waals surface area contributed by atoms with Gasteiger partial charge in [-0.1, -0.05) is 243 Å². The van der Waals surface area contributed by atoms with E-state index < -0.39 is 69.0 Å². The number of aliphatic hydroxyl groups excluding tert-OH is 2. The minimum absolute atomic E-state index is 0.0839. The summed E-state index contributed by atoms with van der Waals surface area (Å²) in [4.78, 5) is 41.7. The first kappa shape index (κ1) is 64.8. The van der Waals surface area contributed by atoms with Crippen molar-refractivity contribution in [1.82, 2.24) is 5.32 Å². The smallest absolute Gasteiger partial charge is 0.457 e. The number of rotatable bonds is 46. The maximum atomic E-state index is 15.0. The van der Waals surface area contributed by atoms with Crippen LogP contribution in [0.4, 0.5) is 0 Å². The Labute approximate surface area is 447 Å². The highest BCUT2D eigenvalue weighted by atomic mass is 31.2. The van der Waals surface area contributed by atoms with Crippen LogP contribution in [-0.2, 0) is 37.7 Å². The van der Waals surface area contributed by atoms with Crippen LogP contribution < -0.4 is 14.4 Å². The van der Waals surface area contributed by atoms with E-state index in [1.807, 2.05) is 0 Å². The number of unbranched alkanes of at least 4 members (excludes halogenated alkanes) is 28. The molecule has 0 aromatic heterocycles. The summed E-state index contributed by atoms with van der Waals surface area (Å²) in [6.45, 7) is 5.89. The van der Waals surface area contributed by atoms with Gasteiger partial charge >= 0.3 is 19.8 Å². The quantitative estimate of drug-likeness (QED) is 0.0325. The zero-order valence-electron chi connectivity index (χ0n) is 46.1. The highest BCUT2D eigenvalue weighted by Gasteiger charge is 2.54. The third-order valence-electron chi connectivity index (χ3n) is 13.9. The van der Waals surface area contributed by atoms with Crippen LogP contribution in [-0.4, -0.2) is 71.4 Å². The Kier molecular flexibility index (Phi) is 36.5. The van der Waals surface area contributed by atoms with Gasteiger partial charge in [0.1, 0.15) is 29.7 Å².